The molecule has 0 spiro atoms. The molecule has 0 heterocycles. The van der Waals surface area contributed by atoms with Gasteiger partial charge < -0.3 is 19.9 Å². The van der Waals surface area contributed by atoms with E-state index in [1.165, 1.54) is 25.3 Å². The molecule has 26 heavy (non-hydrogen) atoms. The fourth-order valence-corrected chi connectivity index (χ4v) is 2.77. The Balaban J connectivity index is 2.15. The third kappa shape index (κ3) is 5.53. The van der Waals surface area contributed by atoms with Crippen molar-refractivity contribution in [2.45, 2.75) is 50.4 Å². The smallest absolute Gasteiger partial charge is 0.391 e. The monoisotopic (exact) mass is 375 g/mol. The third-order valence-corrected chi connectivity index (χ3v) is 4.06. The number of hydrogen-bond acceptors (Lipinski definition) is 4. The lowest BCUT2D eigenvalue weighted by Crippen LogP contribution is -2.43. The maximum Gasteiger partial charge on any atom is 0.391 e. The Kier molecular flexibility index (Phi) is 6.33. The van der Waals surface area contributed by atoms with Crippen LogP contribution in [0.5, 0.6) is 11.5 Å². The molecule has 1 atom stereocenters. The highest BCUT2D eigenvalue weighted by molar-refractivity contribution is 5.97. The predicted molar refractivity (Wildman–Crippen MR) is 85.4 cm³/mol. The number of rotatable bonds is 7. The zero-order valence-electron chi connectivity index (χ0n) is 14.1. The van der Waals surface area contributed by atoms with E-state index >= 15 is 0 Å². The van der Waals surface area contributed by atoms with Gasteiger partial charge in [-0.05, 0) is 43.9 Å². The van der Waals surface area contributed by atoms with E-state index < -0.39 is 30.5 Å². The maximum absolute atomic E-state index is 12.5. The number of nitrogens with one attached hydrogen (secondary N) is 1. The zero-order chi connectivity index (χ0) is 19.3. The molecule has 0 aliphatic heterocycles. The topological polar surface area (TPSA) is 84.9 Å². The van der Waals surface area contributed by atoms with Crippen LogP contribution in [0.25, 0.3) is 0 Å². The minimum Gasteiger partial charge on any atom is -0.493 e. The molecule has 2 rings (SSSR count). The van der Waals surface area contributed by atoms with Gasteiger partial charge in [0.15, 0.2) is 11.5 Å². The first-order chi connectivity index (χ1) is 12.2. The van der Waals surface area contributed by atoms with Crippen molar-refractivity contribution in [2.24, 2.45) is 0 Å². The average Bonchev–Trinajstić information content (AvgIpc) is 3.05. The molecule has 1 aliphatic carbocycles. The van der Waals surface area contributed by atoms with Gasteiger partial charge in [0, 0.05) is 5.56 Å². The van der Waals surface area contributed by atoms with Crippen LogP contribution in [0.4, 0.5) is 13.2 Å². The van der Waals surface area contributed by atoms with Crippen LogP contribution in [0.2, 0.25) is 0 Å². The highest BCUT2D eigenvalue weighted by atomic mass is 19.4. The summed E-state index contributed by atoms with van der Waals surface area (Å²) in [5, 5.41) is 10.8. The van der Waals surface area contributed by atoms with Crippen molar-refractivity contribution < 1.29 is 37.3 Å². The van der Waals surface area contributed by atoms with Gasteiger partial charge >= 0.3 is 12.1 Å². The van der Waals surface area contributed by atoms with Gasteiger partial charge in [-0.1, -0.05) is 0 Å². The number of carbonyl (C=O) groups excluding carboxylic acids is 1. The molecule has 0 aromatic heterocycles. The summed E-state index contributed by atoms with van der Waals surface area (Å²) in [5.74, 6) is -2.00. The Labute approximate surface area is 148 Å². The molecule has 1 fully saturated rings. The van der Waals surface area contributed by atoms with Crippen LogP contribution in [0.3, 0.4) is 0 Å². The number of benzene rings is 1. The van der Waals surface area contributed by atoms with Crippen molar-refractivity contribution >= 4 is 11.9 Å². The van der Waals surface area contributed by atoms with Crippen molar-refractivity contribution in [3.8, 4) is 11.5 Å². The van der Waals surface area contributed by atoms with Crippen LogP contribution in [0.15, 0.2) is 18.2 Å². The Bertz CT molecular complexity index is 656. The Morgan fingerprint density at radius 1 is 1.27 bits per heavy atom. The minimum atomic E-state index is -4.72. The highest BCUT2D eigenvalue weighted by Crippen LogP contribution is 2.32. The number of carboxylic acids is 1. The summed E-state index contributed by atoms with van der Waals surface area (Å²) in [7, 11) is 1.43. The molecule has 0 saturated heterocycles. The fourth-order valence-electron chi connectivity index (χ4n) is 2.77. The predicted octanol–water partition coefficient (Wildman–Crippen LogP) is 3.15. The van der Waals surface area contributed by atoms with E-state index in [0.717, 1.165) is 25.7 Å². The number of hydrogen-bond donors (Lipinski definition) is 2. The lowest BCUT2D eigenvalue weighted by atomic mass is 10.1. The van der Waals surface area contributed by atoms with Gasteiger partial charge in [-0.25, -0.2) is 4.79 Å². The van der Waals surface area contributed by atoms with Gasteiger partial charge in [0.05, 0.1) is 19.6 Å². The number of halogens is 3. The zero-order valence-corrected chi connectivity index (χ0v) is 14.1. The Morgan fingerprint density at radius 3 is 2.46 bits per heavy atom. The lowest BCUT2D eigenvalue weighted by Gasteiger charge is -2.18. The summed E-state index contributed by atoms with van der Waals surface area (Å²) >= 11 is 0. The molecule has 6 nitrogen and oxygen atoms in total. The van der Waals surface area contributed by atoms with E-state index in [-0.39, 0.29) is 11.7 Å². The van der Waals surface area contributed by atoms with Gasteiger partial charge in [-0.3, -0.25) is 4.79 Å². The van der Waals surface area contributed by atoms with Gasteiger partial charge in [-0.15, -0.1) is 0 Å². The summed E-state index contributed by atoms with van der Waals surface area (Å²) in [6, 6.07) is 2.07. The number of methoxy groups -OCH3 is 1. The molecule has 1 amide bonds. The van der Waals surface area contributed by atoms with E-state index in [4.69, 9.17) is 14.6 Å². The fraction of sp³-hybridized carbons (Fsp3) is 0.529. The summed E-state index contributed by atoms with van der Waals surface area (Å²) < 4.78 is 48.4. The number of ether oxygens (including phenoxy) is 2. The largest absolute Gasteiger partial charge is 0.493 e. The summed E-state index contributed by atoms with van der Waals surface area (Å²) in [6.07, 6.45) is -2.59. The molecule has 1 aromatic carbocycles. The first-order valence-electron chi connectivity index (χ1n) is 8.14. The number of aliphatic carboxylic acids is 1. The van der Waals surface area contributed by atoms with Crippen LogP contribution < -0.4 is 14.8 Å². The molecular formula is C17H20F3NO5. The first kappa shape index (κ1) is 19.9. The van der Waals surface area contributed by atoms with E-state index in [2.05, 4.69) is 0 Å². The van der Waals surface area contributed by atoms with Crippen LogP contribution >= 0.6 is 0 Å². The lowest BCUT2D eigenvalue weighted by molar-refractivity contribution is -0.157. The van der Waals surface area contributed by atoms with Crippen LogP contribution in [-0.4, -0.2) is 42.4 Å². The Morgan fingerprint density at radius 2 is 1.92 bits per heavy atom. The molecule has 0 radical (unpaired) electrons. The second kappa shape index (κ2) is 8.29. The van der Waals surface area contributed by atoms with Crippen LogP contribution in [-0.2, 0) is 4.79 Å². The minimum absolute atomic E-state index is 0.00720. The molecule has 144 valence electrons. The summed E-state index contributed by atoms with van der Waals surface area (Å²) in [6.45, 7) is 0. The van der Waals surface area contributed by atoms with Crippen molar-refractivity contribution in [3.05, 3.63) is 23.8 Å². The molecule has 9 heteroatoms. The molecule has 2 N–H and O–H groups in total. The third-order valence-electron chi connectivity index (χ3n) is 4.06. The van der Waals surface area contributed by atoms with Gasteiger partial charge in [0.25, 0.3) is 5.91 Å². The van der Waals surface area contributed by atoms with Crippen molar-refractivity contribution in [3.63, 3.8) is 0 Å². The quantitative estimate of drug-likeness (QED) is 0.765. The van der Waals surface area contributed by atoms with Crippen molar-refractivity contribution in [2.75, 3.05) is 7.11 Å². The number of amides is 1. The molecule has 0 bridgehead atoms. The number of carboxylic acid groups (broad SMARTS) is 1. The number of carbonyl (C=O) groups is 2. The number of alkyl halides is 3. The van der Waals surface area contributed by atoms with Crippen LogP contribution in [0.1, 0.15) is 42.5 Å². The van der Waals surface area contributed by atoms with Gasteiger partial charge in [0.1, 0.15) is 6.04 Å². The second-order valence-corrected chi connectivity index (χ2v) is 6.07. The second-order valence-electron chi connectivity index (χ2n) is 6.07. The summed E-state index contributed by atoms with van der Waals surface area (Å²) in [4.78, 5) is 23.2. The van der Waals surface area contributed by atoms with Crippen LogP contribution in [0, 0.1) is 0 Å². The van der Waals surface area contributed by atoms with E-state index in [1.54, 1.807) is 0 Å². The van der Waals surface area contributed by atoms with Gasteiger partial charge in [-0.2, -0.15) is 13.2 Å². The van der Waals surface area contributed by atoms with Crippen molar-refractivity contribution in [1.29, 1.82) is 0 Å². The maximum atomic E-state index is 12.5. The van der Waals surface area contributed by atoms with E-state index in [1.807, 2.05) is 5.32 Å². The molecular weight excluding hydrogens is 355 g/mol. The van der Waals surface area contributed by atoms with Gasteiger partial charge in [0.2, 0.25) is 0 Å². The van der Waals surface area contributed by atoms with Crippen molar-refractivity contribution in [1.82, 2.24) is 5.32 Å². The standard InChI is InChI=1S/C17H20F3NO5/c1-25-13-7-6-10(8-14(13)26-11-4-2-3-5-11)15(22)21-12(16(23)24)9-17(18,19)20/h6-8,11-12H,2-5,9H2,1H3,(H,21,22)(H,23,24). The normalized spacial score (nSPS) is 16.2. The molecule has 1 saturated carbocycles. The highest BCUT2D eigenvalue weighted by Gasteiger charge is 2.36. The SMILES string of the molecule is COc1ccc(C(=O)NC(CC(F)(F)F)C(=O)O)cc1OC1CCCC1. The van der Waals surface area contributed by atoms with E-state index in [9.17, 15) is 22.8 Å². The molecule has 1 aromatic rings. The first-order valence-corrected chi connectivity index (χ1v) is 8.14. The summed E-state index contributed by atoms with van der Waals surface area (Å²) in [5.41, 5.74) is -0.00720. The molecule has 1 unspecified atom stereocenters. The Hall–Kier alpha value is -2.45. The molecule has 1 aliphatic rings. The average molecular weight is 375 g/mol. The van der Waals surface area contributed by atoms with E-state index in [0.29, 0.717) is 11.5 Å².